The summed E-state index contributed by atoms with van der Waals surface area (Å²) in [5.41, 5.74) is 2.83. The number of hydrogen-bond acceptors (Lipinski definition) is 4. The number of carbonyl (C=O) groups excluding carboxylic acids is 3. The van der Waals surface area contributed by atoms with Crippen LogP contribution in [-0.2, 0) is 14.3 Å². The van der Waals surface area contributed by atoms with Crippen LogP contribution in [0.2, 0.25) is 0 Å². The molecule has 2 N–H and O–H groups in total. The standard InChI is InChI=1S/C32H47N3O4/c1-12-21(3)26(34-30(38)39-32(9,10)11)29(37)35(31(6,7)8)27(24-18-17-20(2)19-23(24)5)28(36)33-25-16-14-13-15-22(25)4/h13-19,21,26-27H,12H2,1-11H3,(H,33,36)(H,34,38). The number of aryl methyl sites for hydroxylation is 3. The molecule has 7 heteroatoms. The van der Waals surface area contributed by atoms with E-state index in [-0.39, 0.29) is 17.7 Å². The molecule has 0 aliphatic heterocycles. The first-order valence-corrected chi connectivity index (χ1v) is 13.7. The zero-order valence-electron chi connectivity index (χ0n) is 25.6. The van der Waals surface area contributed by atoms with Crippen molar-refractivity contribution in [2.24, 2.45) is 5.92 Å². The van der Waals surface area contributed by atoms with Crippen molar-refractivity contribution in [2.75, 3.05) is 5.32 Å². The molecule has 0 bridgehead atoms. The fourth-order valence-electron chi connectivity index (χ4n) is 4.56. The molecule has 0 saturated heterocycles. The summed E-state index contributed by atoms with van der Waals surface area (Å²) in [5.74, 6) is -0.860. The molecule has 39 heavy (non-hydrogen) atoms. The molecule has 2 rings (SSSR count). The zero-order valence-corrected chi connectivity index (χ0v) is 25.6. The quantitative estimate of drug-likeness (QED) is 0.385. The molecule has 0 aliphatic rings. The molecular weight excluding hydrogens is 490 g/mol. The van der Waals surface area contributed by atoms with Crippen LogP contribution < -0.4 is 10.6 Å². The van der Waals surface area contributed by atoms with Crippen LogP contribution in [0.4, 0.5) is 10.5 Å². The topological polar surface area (TPSA) is 87.7 Å². The third-order valence-corrected chi connectivity index (χ3v) is 6.74. The summed E-state index contributed by atoms with van der Waals surface area (Å²) in [6.07, 6.45) is -0.0178. The predicted molar refractivity (Wildman–Crippen MR) is 158 cm³/mol. The number of benzene rings is 2. The largest absolute Gasteiger partial charge is 0.444 e. The molecule has 214 valence electrons. The first-order valence-electron chi connectivity index (χ1n) is 13.7. The van der Waals surface area contributed by atoms with Crippen molar-refractivity contribution >= 4 is 23.6 Å². The van der Waals surface area contributed by atoms with E-state index in [1.807, 2.05) is 97.9 Å². The average Bonchev–Trinajstić information content (AvgIpc) is 2.80. The number of anilines is 1. The SMILES string of the molecule is CCC(C)C(NC(=O)OC(C)(C)C)C(=O)N(C(C(=O)Nc1ccccc1C)c1ccc(C)cc1C)C(C)(C)C. The molecule has 0 aliphatic carbocycles. The second-order valence-corrected chi connectivity index (χ2v) is 12.5. The minimum Gasteiger partial charge on any atom is -0.444 e. The van der Waals surface area contributed by atoms with Gasteiger partial charge in [0.05, 0.1) is 0 Å². The summed E-state index contributed by atoms with van der Waals surface area (Å²) < 4.78 is 5.50. The Hall–Kier alpha value is -3.35. The normalized spacial score (nSPS) is 14.1. The van der Waals surface area contributed by atoms with E-state index in [0.717, 1.165) is 22.3 Å². The van der Waals surface area contributed by atoms with E-state index in [2.05, 4.69) is 10.6 Å². The van der Waals surface area contributed by atoms with Crippen LogP contribution in [-0.4, -0.2) is 40.0 Å². The minimum absolute atomic E-state index is 0.200. The minimum atomic E-state index is -0.940. The van der Waals surface area contributed by atoms with Gasteiger partial charge in [-0.2, -0.15) is 0 Å². The van der Waals surface area contributed by atoms with Gasteiger partial charge in [0.2, 0.25) is 5.91 Å². The molecular formula is C32H47N3O4. The van der Waals surface area contributed by atoms with Crippen LogP contribution in [0.5, 0.6) is 0 Å². The molecule has 2 aromatic rings. The Labute approximate surface area is 234 Å². The second kappa shape index (κ2) is 12.7. The van der Waals surface area contributed by atoms with Crippen LogP contribution in [0.1, 0.15) is 90.1 Å². The molecule has 0 radical (unpaired) electrons. The number of ether oxygens (including phenoxy) is 1. The van der Waals surface area contributed by atoms with Gasteiger partial charge in [-0.1, -0.05) is 62.2 Å². The highest BCUT2D eigenvalue weighted by atomic mass is 16.6. The average molecular weight is 538 g/mol. The Kier molecular flexibility index (Phi) is 10.4. The van der Waals surface area contributed by atoms with Crippen molar-refractivity contribution in [3.63, 3.8) is 0 Å². The van der Waals surface area contributed by atoms with Gasteiger partial charge in [-0.15, -0.1) is 0 Å². The second-order valence-electron chi connectivity index (χ2n) is 12.5. The highest BCUT2D eigenvalue weighted by Crippen LogP contribution is 2.34. The lowest BCUT2D eigenvalue weighted by Gasteiger charge is -2.44. The molecule has 2 aromatic carbocycles. The van der Waals surface area contributed by atoms with Gasteiger partial charge < -0.3 is 20.3 Å². The molecule has 3 amide bonds. The molecule has 0 saturated carbocycles. The Bertz CT molecular complexity index is 1180. The van der Waals surface area contributed by atoms with Crippen LogP contribution in [0.3, 0.4) is 0 Å². The van der Waals surface area contributed by atoms with Gasteiger partial charge in [0.1, 0.15) is 17.7 Å². The first kappa shape index (κ1) is 31.9. The van der Waals surface area contributed by atoms with E-state index in [1.165, 1.54) is 0 Å². The van der Waals surface area contributed by atoms with E-state index < -0.39 is 29.3 Å². The monoisotopic (exact) mass is 537 g/mol. The maximum atomic E-state index is 14.5. The van der Waals surface area contributed by atoms with Crippen molar-refractivity contribution < 1.29 is 19.1 Å². The highest BCUT2D eigenvalue weighted by molar-refractivity contribution is 6.00. The van der Waals surface area contributed by atoms with Crippen LogP contribution in [0.15, 0.2) is 42.5 Å². The number of hydrogen-bond donors (Lipinski definition) is 2. The van der Waals surface area contributed by atoms with Gasteiger partial charge in [0, 0.05) is 11.2 Å². The van der Waals surface area contributed by atoms with Crippen molar-refractivity contribution in [3.8, 4) is 0 Å². The van der Waals surface area contributed by atoms with Crippen LogP contribution in [0.25, 0.3) is 0 Å². The lowest BCUT2D eigenvalue weighted by atomic mass is 9.90. The van der Waals surface area contributed by atoms with Gasteiger partial charge in [-0.3, -0.25) is 9.59 Å². The van der Waals surface area contributed by atoms with Gasteiger partial charge in [-0.25, -0.2) is 4.79 Å². The third-order valence-electron chi connectivity index (χ3n) is 6.74. The lowest BCUT2D eigenvalue weighted by molar-refractivity contribution is -0.148. The van der Waals surface area contributed by atoms with E-state index in [0.29, 0.717) is 12.1 Å². The number of para-hydroxylation sites is 1. The number of amides is 3. The Balaban J connectivity index is 2.67. The van der Waals surface area contributed by atoms with Gasteiger partial charge in [-0.05, 0) is 91.0 Å². The fraction of sp³-hybridized carbons (Fsp3) is 0.531. The Morgan fingerprint density at radius 1 is 0.923 bits per heavy atom. The lowest BCUT2D eigenvalue weighted by Crippen LogP contribution is -2.59. The molecule has 0 spiro atoms. The van der Waals surface area contributed by atoms with Crippen LogP contribution >= 0.6 is 0 Å². The maximum absolute atomic E-state index is 14.5. The van der Waals surface area contributed by atoms with E-state index >= 15 is 0 Å². The fourth-order valence-corrected chi connectivity index (χ4v) is 4.56. The molecule has 3 unspecified atom stereocenters. The number of nitrogens with one attached hydrogen (secondary N) is 2. The summed E-state index contributed by atoms with van der Waals surface area (Å²) in [7, 11) is 0. The van der Waals surface area contributed by atoms with Crippen molar-refractivity contribution in [1.29, 1.82) is 0 Å². The number of alkyl carbamates (subject to hydrolysis) is 1. The molecule has 7 nitrogen and oxygen atoms in total. The molecule has 0 aromatic heterocycles. The van der Waals surface area contributed by atoms with Gasteiger partial charge >= 0.3 is 6.09 Å². The third kappa shape index (κ3) is 8.57. The molecule has 3 atom stereocenters. The smallest absolute Gasteiger partial charge is 0.408 e. The molecule has 0 heterocycles. The van der Waals surface area contributed by atoms with E-state index in [9.17, 15) is 14.4 Å². The summed E-state index contributed by atoms with van der Waals surface area (Å²) in [4.78, 5) is 43.1. The summed E-state index contributed by atoms with van der Waals surface area (Å²) in [6, 6.07) is 11.6. The number of rotatable bonds is 8. The number of nitrogens with zero attached hydrogens (tertiary/aromatic N) is 1. The van der Waals surface area contributed by atoms with Gasteiger partial charge in [0.25, 0.3) is 5.91 Å². The highest BCUT2D eigenvalue weighted by Gasteiger charge is 2.43. The molecule has 0 fully saturated rings. The summed E-state index contributed by atoms with van der Waals surface area (Å²) in [5, 5.41) is 5.89. The van der Waals surface area contributed by atoms with E-state index in [1.54, 1.807) is 25.7 Å². The Morgan fingerprint density at radius 2 is 1.54 bits per heavy atom. The van der Waals surface area contributed by atoms with Crippen molar-refractivity contribution in [1.82, 2.24) is 10.2 Å². The predicted octanol–water partition coefficient (Wildman–Crippen LogP) is 6.86. The Morgan fingerprint density at radius 3 is 2.05 bits per heavy atom. The summed E-state index contributed by atoms with van der Waals surface area (Å²) in [6.45, 7) is 20.8. The number of carbonyl (C=O) groups is 3. The van der Waals surface area contributed by atoms with Crippen molar-refractivity contribution in [3.05, 3.63) is 64.7 Å². The van der Waals surface area contributed by atoms with Gasteiger partial charge in [0.15, 0.2) is 0 Å². The van der Waals surface area contributed by atoms with E-state index in [4.69, 9.17) is 4.74 Å². The zero-order chi connectivity index (χ0) is 29.7. The maximum Gasteiger partial charge on any atom is 0.408 e. The van der Waals surface area contributed by atoms with Crippen molar-refractivity contribution in [2.45, 2.75) is 106 Å². The first-order chi connectivity index (χ1) is 18.0. The summed E-state index contributed by atoms with van der Waals surface area (Å²) >= 11 is 0. The van der Waals surface area contributed by atoms with Crippen LogP contribution in [0, 0.1) is 26.7 Å².